The summed E-state index contributed by atoms with van der Waals surface area (Å²) >= 11 is 0. The summed E-state index contributed by atoms with van der Waals surface area (Å²) in [6.45, 7) is 7.41. The Hall–Kier alpha value is -0.280. The van der Waals surface area contributed by atoms with Gasteiger partial charge >= 0.3 is 0 Å². The van der Waals surface area contributed by atoms with Crippen LogP contribution in [0.3, 0.4) is 0 Å². The first-order valence-electron chi connectivity index (χ1n) is 7.04. The molecule has 0 saturated heterocycles. The van der Waals surface area contributed by atoms with Gasteiger partial charge in [0.25, 0.3) is 0 Å². The number of halogens is 1. The second-order valence-electron chi connectivity index (χ2n) is 5.89. The van der Waals surface area contributed by atoms with Gasteiger partial charge in [0, 0.05) is 12.5 Å². The Morgan fingerprint density at radius 3 is 2.61 bits per heavy atom. The molecular weight excluding hydrogens is 248 g/mol. The quantitative estimate of drug-likeness (QED) is 0.811. The minimum Gasteiger partial charge on any atom is -0.353 e. The highest BCUT2D eigenvalue weighted by atomic mass is 35.5. The van der Waals surface area contributed by atoms with Crippen molar-refractivity contribution < 1.29 is 4.79 Å². The van der Waals surface area contributed by atoms with Gasteiger partial charge in [0.2, 0.25) is 5.91 Å². The van der Waals surface area contributed by atoms with Crippen molar-refractivity contribution in [1.29, 1.82) is 0 Å². The highest BCUT2D eigenvalue weighted by Gasteiger charge is 2.31. The number of amides is 1. The molecule has 4 heteroatoms. The van der Waals surface area contributed by atoms with Gasteiger partial charge in [-0.2, -0.15) is 0 Å². The van der Waals surface area contributed by atoms with Gasteiger partial charge in [-0.25, -0.2) is 0 Å². The van der Waals surface area contributed by atoms with E-state index in [2.05, 4.69) is 26.1 Å². The molecule has 0 spiro atoms. The maximum atomic E-state index is 11.8. The Morgan fingerprint density at radius 2 is 2.06 bits per heavy atom. The number of carbonyl (C=O) groups is 1. The summed E-state index contributed by atoms with van der Waals surface area (Å²) in [7, 11) is 0. The third-order valence-electron chi connectivity index (χ3n) is 3.98. The third kappa shape index (κ3) is 5.57. The second-order valence-corrected chi connectivity index (χ2v) is 5.89. The first-order valence-corrected chi connectivity index (χ1v) is 7.04. The normalized spacial score (nSPS) is 27.7. The number of hydrogen-bond acceptors (Lipinski definition) is 2. The zero-order valence-corrected chi connectivity index (χ0v) is 12.8. The zero-order valence-electron chi connectivity index (χ0n) is 11.9. The third-order valence-corrected chi connectivity index (χ3v) is 3.98. The zero-order chi connectivity index (χ0) is 12.8. The smallest absolute Gasteiger partial charge is 0.220 e. The molecule has 1 saturated carbocycles. The van der Waals surface area contributed by atoms with E-state index in [4.69, 9.17) is 5.73 Å². The Balaban J connectivity index is 0.00000289. The van der Waals surface area contributed by atoms with E-state index in [1.807, 2.05) is 0 Å². The lowest BCUT2D eigenvalue weighted by Gasteiger charge is -2.37. The Labute approximate surface area is 118 Å². The monoisotopic (exact) mass is 276 g/mol. The van der Waals surface area contributed by atoms with Crippen LogP contribution in [0.2, 0.25) is 0 Å². The van der Waals surface area contributed by atoms with Crippen molar-refractivity contribution in [2.24, 2.45) is 23.5 Å². The van der Waals surface area contributed by atoms with E-state index in [1.165, 1.54) is 12.8 Å². The Kier molecular flexibility index (Phi) is 8.62. The van der Waals surface area contributed by atoms with Gasteiger partial charge in [-0.05, 0) is 43.6 Å². The summed E-state index contributed by atoms with van der Waals surface area (Å²) in [4.78, 5) is 11.8. The molecule has 0 aromatic rings. The largest absolute Gasteiger partial charge is 0.353 e. The predicted octanol–water partition coefficient (Wildman–Crippen LogP) is 2.72. The second kappa shape index (κ2) is 8.76. The van der Waals surface area contributed by atoms with E-state index in [1.54, 1.807) is 0 Å². The molecule has 3 N–H and O–H groups in total. The molecule has 0 radical (unpaired) electrons. The molecule has 1 aliphatic carbocycles. The van der Waals surface area contributed by atoms with Crippen LogP contribution < -0.4 is 11.1 Å². The molecule has 3 nitrogen and oxygen atoms in total. The summed E-state index contributed by atoms with van der Waals surface area (Å²) in [5.74, 6) is 2.22. The molecule has 0 aliphatic heterocycles. The highest BCUT2D eigenvalue weighted by Crippen LogP contribution is 2.33. The van der Waals surface area contributed by atoms with Crippen LogP contribution >= 0.6 is 12.4 Å². The van der Waals surface area contributed by atoms with Crippen molar-refractivity contribution in [2.75, 3.05) is 6.54 Å². The van der Waals surface area contributed by atoms with Crippen molar-refractivity contribution in [3.63, 3.8) is 0 Å². The van der Waals surface area contributed by atoms with E-state index < -0.39 is 0 Å². The number of rotatable bonds is 5. The molecule has 1 rings (SSSR count). The van der Waals surface area contributed by atoms with Crippen LogP contribution in [0.15, 0.2) is 0 Å². The maximum Gasteiger partial charge on any atom is 0.220 e. The summed E-state index contributed by atoms with van der Waals surface area (Å²) < 4.78 is 0. The van der Waals surface area contributed by atoms with E-state index in [0.29, 0.717) is 30.8 Å². The molecule has 0 aromatic heterocycles. The van der Waals surface area contributed by atoms with Gasteiger partial charge in [0.05, 0.1) is 0 Å². The maximum absolute atomic E-state index is 11.8. The molecule has 1 amide bonds. The van der Waals surface area contributed by atoms with Crippen LogP contribution in [0.1, 0.15) is 52.9 Å². The van der Waals surface area contributed by atoms with Gasteiger partial charge in [0.15, 0.2) is 0 Å². The number of nitrogens with one attached hydrogen (secondary N) is 1. The molecule has 18 heavy (non-hydrogen) atoms. The number of hydrogen-bond donors (Lipinski definition) is 2. The SMILES string of the molecule is CC1CCC(C(C)C)C(NC(=O)CCCN)C1.Cl. The molecule has 3 unspecified atom stereocenters. The topological polar surface area (TPSA) is 55.1 Å². The van der Waals surface area contributed by atoms with Crippen molar-refractivity contribution in [3.05, 3.63) is 0 Å². The van der Waals surface area contributed by atoms with Crippen LogP contribution in [0.5, 0.6) is 0 Å². The summed E-state index contributed by atoms with van der Waals surface area (Å²) in [6.07, 6.45) is 5.06. The molecular formula is C14H29ClN2O. The number of carbonyl (C=O) groups excluding carboxylic acids is 1. The summed E-state index contributed by atoms with van der Waals surface area (Å²) in [5.41, 5.74) is 5.43. The van der Waals surface area contributed by atoms with Crippen molar-refractivity contribution in [1.82, 2.24) is 5.32 Å². The van der Waals surface area contributed by atoms with Crippen molar-refractivity contribution >= 4 is 18.3 Å². The van der Waals surface area contributed by atoms with Crippen molar-refractivity contribution in [3.8, 4) is 0 Å². The van der Waals surface area contributed by atoms with Gasteiger partial charge in [-0.15, -0.1) is 12.4 Å². The number of nitrogens with two attached hydrogens (primary N) is 1. The van der Waals surface area contributed by atoms with Crippen LogP contribution in [-0.2, 0) is 4.79 Å². The Bertz CT molecular complexity index is 246. The predicted molar refractivity (Wildman–Crippen MR) is 78.8 cm³/mol. The summed E-state index contributed by atoms with van der Waals surface area (Å²) in [6, 6.07) is 0.379. The fraction of sp³-hybridized carbons (Fsp3) is 0.929. The van der Waals surface area contributed by atoms with E-state index in [0.717, 1.165) is 18.8 Å². The van der Waals surface area contributed by atoms with E-state index >= 15 is 0 Å². The fourth-order valence-corrected chi connectivity index (χ4v) is 2.91. The van der Waals surface area contributed by atoms with Gasteiger partial charge in [-0.1, -0.05) is 27.2 Å². The molecule has 1 fully saturated rings. The molecule has 108 valence electrons. The lowest BCUT2D eigenvalue weighted by Crippen LogP contribution is -2.45. The highest BCUT2D eigenvalue weighted by molar-refractivity contribution is 5.85. The van der Waals surface area contributed by atoms with E-state index in [9.17, 15) is 4.79 Å². The Morgan fingerprint density at radius 1 is 1.39 bits per heavy atom. The lowest BCUT2D eigenvalue weighted by atomic mass is 9.74. The lowest BCUT2D eigenvalue weighted by molar-refractivity contribution is -0.122. The molecule has 3 atom stereocenters. The van der Waals surface area contributed by atoms with Crippen molar-refractivity contribution in [2.45, 2.75) is 58.9 Å². The molecule has 0 heterocycles. The molecule has 1 aliphatic rings. The molecule has 0 aromatic carbocycles. The minimum absolute atomic E-state index is 0. The average molecular weight is 277 g/mol. The van der Waals surface area contributed by atoms with Gasteiger partial charge in [0.1, 0.15) is 0 Å². The van der Waals surface area contributed by atoms with Gasteiger partial charge in [-0.3, -0.25) is 4.79 Å². The summed E-state index contributed by atoms with van der Waals surface area (Å²) in [5, 5.41) is 3.22. The van der Waals surface area contributed by atoms with Crippen LogP contribution in [0.4, 0.5) is 0 Å². The first-order chi connectivity index (χ1) is 8.04. The fourth-order valence-electron chi connectivity index (χ4n) is 2.91. The van der Waals surface area contributed by atoms with Crippen LogP contribution in [-0.4, -0.2) is 18.5 Å². The first kappa shape index (κ1) is 17.7. The standard InChI is InChI=1S/C14H28N2O.ClH/c1-10(2)12-7-6-11(3)9-13(12)16-14(17)5-4-8-15;/h10-13H,4-9,15H2,1-3H3,(H,16,17);1H. The van der Waals surface area contributed by atoms with Gasteiger partial charge < -0.3 is 11.1 Å². The van der Waals surface area contributed by atoms with E-state index in [-0.39, 0.29) is 18.3 Å². The average Bonchev–Trinajstić information content (AvgIpc) is 2.26. The van der Waals surface area contributed by atoms with Crippen LogP contribution in [0.25, 0.3) is 0 Å². The van der Waals surface area contributed by atoms with Crippen LogP contribution in [0, 0.1) is 17.8 Å². The minimum atomic E-state index is 0. The molecule has 0 bridgehead atoms.